The number of benzene rings is 1. The number of aryl methyl sites for hydroxylation is 1. The van der Waals surface area contributed by atoms with Crippen molar-refractivity contribution in [3.63, 3.8) is 0 Å². The summed E-state index contributed by atoms with van der Waals surface area (Å²) < 4.78 is 0. The van der Waals surface area contributed by atoms with E-state index in [2.05, 4.69) is 27.7 Å². The fourth-order valence-electron chi connectivity index (χ4n) is 3.25. The van der Waals surface area contributed by atoms with Crippen molar-refractivity contribution in [1.82, 2.24) is 0 Å². The molecule has 0 radical (unpaired) electrons. The molecule has 130 valence electrons. The quantitative estimate of drug-likeness (QED) is 0.616. The van der Waals surface area contributed by atoms with Crippen LogP contribution < -0.4 is 0 Å². The number of Topliss-reactive ketones (excluding diaryl/α,β-unsaturated/α-hetero) is 1. The number of carbonyl (C=O) groups is 1. The van der Waals surface area contributed by atoms with Crippen LogP contribution in [-0.2, 0) is 11.2 Å². The van der Waals surface area contributed by atoms with Gasteiger partial charge in [-0.2, -0.15) is 0 Å². The van der Waals surface area contributed by atoms with Crippen molar-refractivity contribution < 1.29 is 15.0 Å². The van der Waals surface area contributed by atoms with Gasteiger partial charge in [0.2, 0.25) is 0 Å². The van der Waals surface area contributed by atoms with Gasteiger partial charge in [0.05, 0.1) is 0 Å². The number of hydrogen-bond acceptors (Lipinski definition) is 3. The van der Waals surface area contributed by atoms with Gasteiger partial charge >= 0.3 is 0 Å². The highest BCUT2D eigenvalue weighted by molar-refractivity contribution is 5.81. The second kappa shape index (κ2) is 8.95. The van der Waals surface area contributed by atoms with E-state index < -0.39 is 0 Å². The Bertz CT molecular complexity index is 520. The van der Waals surface area contributed by atoms with Crippen LogP contribution in [0.2, 0.25) is 0 Å². The standard InChI is InChI=1S/C20H32O3/c1-6-8-16-11-19(22)20(23)12-17(16)14(5)10-18(21)15(7-2)9-13(3)4/h11-15,22-23H,6-10H2,1-5H3. The highest BCUT2D eigenvalue weighted by Crippen LogP contribution is 2.35. The Balaban J connectivity index is 2.94. The van der Waals surface area contributed by atoms with E-state index in [1.807, 2.05) is 6.92 Å². The summed E-state index contributed by atoms with van der Waals surface area (Å²) >= 11 is 0. The maximum atomic E-state index is 12.6. The van der Waals surface area contributed by atoms with Gasteiger partial charge in [-0.15, -0.1) is 0 Å². The summed E-state index contributed by atoms with van der Waals surface area (Å²) in [5.74, 6) is 0.821. The minimum Gasteiger partial charge on any atom is -0.504 e. The lowest BCUT2D eigenvalue weighted by atomic mass is 9.83. The summed E-state index contributed by atoms with van der Waals surface area (Å²) in [5.41, 5.74) is 2.01. The molecule has 1 aromatic carbocycles. The van der Waals surface area contributed by atoms with E-state index in [-0.39, 0.29) is 23.3 Å². The van der Waals surface area contributed by atoms with Gasteiger partial charge in [-0.1, -0.05) is 41.0 Å². The molecule has 0 saturated heterocycles. The van der Waals surface area contributed by atoms with Crippen LogP contribution in [0, 0.1) is 11.8 Å². The summed E-state index contributed by atoms with van der Waals surface area (Å²) in [7, 11) is 0. The SMILES string of the molecule is CCCc1cc(O)c(O)cc1C(C)CC(=O)C(CC)CC(C)C. The topological polar surface area (TPSA) is 57.5 Å². The Morgan fingerprint density at radius 2 is 1.70 bits per heavy atom. The van der Waals surface area contributed by atoms with Crippen molar-refractivity contribution in [1.29, 1.82) is 0 Å². The van der Waals surface area contributed by atoms with Crippen LogP contribution in [0.5, 0.6) is 11.5 Å². The highest BCUT2D eigenvalue weighted by atomic mass is 16.3. The van der Waals surface area contributed by atoms with Crippen LogP contribution >= 0.6 is 0 Å². The molecule has 2 unspecified atom stereocenters. The van der Waals surface area contributed by atoms with Crippen LogP contribution in [0.3, 0.4) is 0 Å². The van der Waals surface area contributed by atoms with Crippen LogP contribution in [0.15, 0.2) is 12.1 Å². The molecule has 1 aromatic rings. The Morgan fingerprint density at radius 1 is 1.09 bits per heavy atom. The first-order chi connectivity index (χ1) is 10.8. The first kappa shape index (κ1) is 19.5. The predicted octanol–water partition coefficient (Wildman–Crippen LogP) is 5.19. The van der Waals surface area contributed by atoms with Gasteiger partial charge in [0.15, 0.2) is 11.5 Å². The van der Waals surface area contributed by atoms with Gasteiger partial charge in [0.25, 0.3) is 0 Å². The molecule has 0 aliphatic carbocycles. The van der Waals surface area contributed by atoms with E-state index in [4.69, 9.17) is 0 Å². The predicted molar refractivity (Wildman–Crippen MR) is 95.0 cm³/mol. The van der Waals surface area contributed by atoms with Crippen molar-refractivity contribution in [2.45, 2.75) is 72.6 Å². The monoisotopic (exact) mass is 320 g/mol. The Hall–Kier alpha value is -1.51. The third-order valence-corrected chi connectivity index (χ3v) is 4.50. The Morgan fingerprint density at radius 3 is 2.22 bits per heavy atom. The molecule has 0 fully saturated rings. The van der Waals surface area contributed by atoms with Gasteiger partial charge in [0, 0.05) is 12.3 Å². The average Bonchev–Trinajstić information content (AvgIpc) is 2.48. The number of ketones is 1. The zero-order valence-electron chi connectivity index (χ0n) is 15.2. The zero-order valence-corrected chi connectivity index (χ0v) is 15.2. The van der Waals surface area contributed by atoms with Crippen molar-refractivity contribution >= 4 is 5.78 Å². The molecule has 0 spiro atoms. The number of carbonyl (C=O) groups excluding carboxylic acids is 1. The van der Waals surface area contributed by atoms with Gasteiger partial charge in [-0.25, -0.2) is 0 Å². The fraction of sp³-hybridized carbons (Fsp3) is 0.650. The van der Waals surface area contributed by atoms with E-state index in [0.717, 1.165) is 36.8 Å². The summed E-state index contributed by atoms with van der Waals surface area (Å²) in [6.45, 7) is 10.5. The summed E-state index contributed by atoms with van der Waals surface area (Å²) in [5, 5.41) is 19.5. The molecular formula is C20H32O3. The third-order valence-electron chi connectivity index (χ3n) is 4.50. The molecule has 0 aliphatic heterocycles. The van der Waals surface area contributed by atoms with Crippen molar-refractivity contribution in [2.24, 2.45) is 11.8 Å². The first-order valence-corrected chi connectivity index (χ1v) is 8.87. The molecule has 2 atom stereocenters. The van der Waals surface area contributed by atoms with Crippen LogP contribution in [-0.4, -0.2) is 16.0 Å². The number of phenolic OH excluding ortho intramolecular Hbond substituents is 2. The molecule has 3 nitrogen and oxygen atoms in total. The lowest BCUT2D eigenvalue weighted by molar-refractivity contribution is -0.123. The largest absolute Gasteiger partial charge is 0.504 e. The average molecular weight is 320 g/mol. The second-order valence-corrected chi connectivity index (χ2v) is 7.10. The molecule has 0 heterocycles. The lowest BCUT2D eigenvalue weighted by Gasteiger charge is -2.21. The Labute approximate surface area is 140 Å². The lowest BCUT2D eigenvalue weighted by Crippen LogP contribution is -2.18. The minimum atomic E-state index is -0.103. The number of phenols is 2. The molecule has 0 aromatic heterocycles. The van der Waals surface area contributed by atoms with Gasteiger partial charge < -0.3 is 10.2 Å². The third kappa shape index (κ3) is 5.56. The summed E-state index contributed by atoms with van der Waals surface area (Å²) in [6.07, 6.45) is 4.11. The van der Waals surface area contributed by atoms with E-state index in [9.17, 15) is 15.0 Å². The first-order valence-electron chi connectivity index (χ1n) is 8.87. The highest BCUT2D eigenvalue weighted by Gasteiger charge is 2.22. The molecule has 0 aliphatic rings. The normalized spacial score (nSPS) is 14.0. The van der Waals surface area contributed by atoms with Crippen molar-refractivity contribution in [3.05, 3.63) is 23.3 Å². The number of aromatic hydroxyl groups is 2. The summed E-state index contributed by atoms with van der Waals surface area (Å²) in [6, 6.07) is 3.27. The molecule has 1 rings (SSSR count). The maximum Gasteiger partial charge on any atom is 0.157 e. The second-order valence-electron chi connectivity index (χ2n) is 7.10. The van der Waals surface area contributed by atoms with E-state index in [1.54, 1.807) is 12.1 Å². The van der Waals surface area contributed by atoms with Crippen molar-refractivity contribution in [3.8, 4) is 11.5 Å². The smallest absolute Gasteiger partial charge is 0.157 e. The number of hydrogen-bond donors (Lipinski definition) is 2. The molecular weight excluding hydrogens is 288 g/mol. The van der Waals surface area contributed by atoms with Crippen LogP contribution in [0.1, 0.15) is 77.3 Å². The van der Waals surface area contributed by atoms with E-state index >= 15 is 0 Å². The molecule has 3 heteroatoms. The molecule has 0 amide bonds. The van der Waals surface area contributed by atoms with Gasteiger partial charge in [-0.05, 0) is 54.4 Å². The van der Waals surface area contributed by atoms with E-state index in [0.29, 0.717) is 18.1 Å². The summed E-state index contributed by atoms with van der Waals surface area (Å²) in [4.78, 5) is 12.6. The fourth-order valence-corrected chi connectivity index (χ4v) is 3.25. The molecule has 23 heavy (non-hydrogen) atoms. The van der Waals surface area contributed by atoms with Gasteiger partial charge in [-0.3, -0.25) is 4.79 Å². The maximum absolute atomic E-state index is 12.6. The molecule has 0 saturated carbocycles. The number of rotatable bonds is 9. The zero-order chi connectivity index (χ0) is 17.6. The van der Waals surface area contributed by atoms with E-state index in [1.165, 1.54) is 0 Å². The van der Waals surface area contributed by atoms with Crippen LogP contribution in [0.4, 0.5) is 0 Å². The van der Waals surface area contributed by atoms with Crippen molar-refractivity contribution in [2.75, 3.05) is 0 Å². The molecule has 2 N–H and O–H groups in total. The van der Waals surface area contributed by atoms with Gasteiger partial charge in [0.1, 0.15) is 5.78 Å². The Kier molecular flexibility index (Phi) is 7.60. The molecule has 0 bridgehead atoms. The minimum absolute atomic E-state index is 0.0526. The van der Waals surface area contributed by atoms with Crippen LogP contribution in [0.25, 0.3) is 0 Å².